The van der Waals surface area contributed by atoms with E-state index in [0.717, 1.165) is 13.8 Å². The van der Waals surface area contributed by atoms with Gasteiger partial charge in [0.15, 0.2) is 23.6 Å². The van der Waals surface area contributed by atoms with Crippen molar-refractivity contribution in [2.45, 2.75) is 134 Å². The molecular weight excluding hydrogens is 778 g/mol. The van der Waals surface area contributed by atoms with Gasteiger partial charge in [-0.1, -0.05) is 75.7 Å². The van der Waals surface area contributed by atoms with Crippen LogP contribution in [0.15, 0.2) is 71.8 Å². The van der Waals surface area contributed by atoms with Crippen LogP contribution in [-0.2, 0) is 47.7 Å². The number of Topliss-reactive ketones (excluding diaryl/α,β-unsaturated/α-hetero) is 1. The highest BCUT2D eigenvalue weighted by atomic mass is 16.6. The maximum absolute atomic E-state index is 15.4. The predicted molar refractivity (Wildman–Crippen MR) is 211 cm³/mol. The lowest BCUT2D eigenvalue weighted by Crippen LogP contribution is -2.82. The molecule has 1 amide bonds. The van der Waals surface area contributed by atoms with Crippen molar-refractivity contribution in [2.75, 3.05) is 6.61 Å². The number of hydrogen-bond acceptors (Lipinski definition) is 14. The minimum absolute atomic E-state index is 0.0238. The molecular formula is C45H55NO14. The number of esters is 4. The molecule has 11 atom stereocenters. The number of carbonyl (C=O) groups excluding carboxylic acids is 6. The number of hydrogen-bond donors (Lipinski definition) is 4. The average molecular weight is 834 g/mol. The molecule has 2 bridgehead atoms. The quantitative estimate of drug-likeness (QED) is 0.136. The van der Waals surface area contributed by atoms with E-state index in [1.807, 2.05) is 6.92 Å². The lowest BCUT2D eigenvalue weighted by atomic mass is 9.44. The topological polar surface area (TPSA) is 221 Å². The van der Waals surface area contributed by atoms with Crippen LogP contribution in [0.5, 0.6) is 0 Å². The Bertz CT molecular complexity index is 2030. The molecule has 324 valence electrons. The number of amides is 1. The molecule has 0 aromatic heterocycles. The summed E-state index contributed by atoms with van der Waals surface area (Å²) in [6.07, 6.45) is -9.25. The van der Waals surface area contributed by atoms with Gasteiger partial charge in [0.1, 0.15) is 23.9 Å². The molecule has 1 aliphatic heterocycles. The fraction of sp³-hybridized carbons (Fsp3) is 0.556. The lowest BCUT2D eigenvalue weighted by Gasteiger charge is -2.67. The van der Waals surface area contributed by atoms with Crippen LogP contribution in [0.25, 0.3) is 0 Å². The zero-order chi connectivity index (χ0) is 43.9. The molecule has 2 aromatic rings. The van der Waals surface area contributed by atoms with E-state index in [1.165, 1.54) is 13.8 Å². The van der Waals surface area contributed by atoms with Gasteiger partial charge in [-0.3, -0.25) is 24.0 Å². The van der Waals surface area contributed by atoms with Crippen LogP contribution in [-0.4, -0.2) is 105 Å². The van der Waals surface area contributed by atoms with Crippen LogP contribution in [0.3, 0.4) is 0 Å². The number of fused-ring (bicyclic) bond motifs is 5. The number of aliphatic hydroxyl groups is 3. The number of nitrogens with one attached hydrogen (secondary N) is 1. The largest absolute Gasteiger partial charge is 0.459 e. The highest BCUT2D eigenvalue weighted by Crippen LogP contribution is 2.64. The van der Waals surface area contributed by atoms with Gasteiger partial charge in [0.05, 0.1) is 30.1 Å². The molecule has 2 saturated carbocycles. The highest BCUT2D eigenvalue weighted by molar-refractivity contribution is 5.96. The Labute approximate surface area is 348 Å². The van der Waals surface area contributed by atoms with Gasteiger partial charge in [0.2, 0.25) is 0 Å². The van der Waals surface area contributed by atoms with Gasteiger partial charge in [-0.2, -0.15) is 0 Å². The molecule has 2 aromatic carbocycles. The van der Waals surface area contributed by atoms with Crippen LogP contribution >= 0.6 is 0 Å². The maximum atomic E-state index is 15.4. The second-order valence-corrected chi connectivity index (χ2v) is 17.2. The van der Waals surface area contributed by atoms with Crippen molar-refractivity contribution in [3.8, 4) is 0 Å². The van der Waals surface area contributed by atoms with Gasteiger partial charge in [-0.25, -0.2) is 4.79 Å². The first-order valence-electron chi connectivity index (χ1n) is 20.4. The van der Waals surface area contributed by atoms with Crippen molar-refractivity contribution in [3.05, 3.63) is 82.9 Å². The number of benzene rings is 2. The Morgan fingerprint density at radius 2 is 1.57 bits per heavy atom. The Morgan fingerprint density at radius 3 is 2.13 bits per heavy atom. The van der Waals surface area contributed by atoms with E-state index in [4.69, 9.17) is 23.7 Å². The molecule has 0 unspecified atom stereocenters. The third-order valence-electron chi connectivity index (χ3n) is 13.2. The van der Waals surface area contributed by atoms with E-state index < -0.39 is 113 Å². The van der Waals surface area contributed by atoms with Gasteiger partial charge in [-0.15, -0.1) is 0 Å². The van der Waals surface area contributed by atoms with Crippen molar-refractivity contribution < 1.29 is 67.8 Å². The summed E-state index contributed by atoms with van der Waals surface area (Å²) in [5.41, 5.74) is -6.81. The first kappa shape index (κ1) is 44.6. The molecule has 0 radical (unpaired) electrons. The van der Waals surface area contributed by atoms with Crippen molar-refractivity contribution in [1.29, 1.82) is 0 Å². The van der Waals surface area contributed by atoms with E-state index in [-0.39, 0.29) is 36.2 Å². The minimum atomic E-state index is -2.32. The van der Waals surface area contributed by atoms with Crippen LogP contribution in [0, 0.1) is 16.7 Å². The molecule has 1 heterocycles. The molecule has 4 N–H and O–H groups in total. The van der Waals surface area contributed by atoms with Crippen LogP contribution in [0.1, 0.15) is 103 Å². The zero-order valence-electron chi connectivity index (χ0n) is 35.0. The van der Waals surface area contributed by atoms with Crippen LogP contribution in [0.4, 0.5) is 0 Å². The van der Waals surface area contributed by atoms with Crippen LogP contribution in [0.2, 0.25) is 0 Å². The predicted octanol–water partition coefficient (Wildman–Crippen LogP) is 3.61. The molecule has 4 aliphatic rings. The van der Waals surface area contributed by atoms with Crippen molar-refractivity contribution in [2.24, 2.45) is 16.7 Å². The third kappa shape index (κ3) is 7.54. The Kier molecular flexibility index (Phi) is 12.5. The Morgan fingerprint density at radius 1 is 0.933 bits per heavy atom. The molecule has 0 spiro atoms. The number of carbonyl (C=O) groups is 6. The summed E-state index contributed by atoms with van der Waals surface area (Å²) in [6, 6.07) is 15.2. The summed E-state index contributed by atoms with van der Waals surface area (Å²) in [5, 5.41) is 40.0. The summed E-state index contributed by atoms with van der Waals surface area (Å²) < 4.78 is 30.1. The molecule has 1 saturated heterocycles. The minimum Gasteiger partial charge on any atom is -0.459 e. The fourth-order valence-corrected chi connectivity index (χ4v) is 9.95. The van der Waals surface area contributed by atoms with E-state index >= 15 is 4.79 Å². The van der Waals surface area contributed by atoms with Gasteiger partial charge < -0.3 is 44.3 Å². The third-order valence-corrected chi connectivity index (χ3v) is 13.2. The van der Waals surface area contributed by atoms with Gasteiger partial charge in [0, 0.05) is 44.1 Å². The van der Waals surface area contributed by atoms with E-state index in [2.05, 4.69) is 5.32 Å². The number of ether oxygens (including phenoxy) is 5. The molecule has 15 nitrogen and oxygen atoms in total. The smallest absolute Gasteiger partial charge is 0.338 e. The summed E-state index contributed by atoms with van der Waals surface area (Å²) in [7, 11) is 0. The monoisotopic (exact) mass is 833 g/mol. The molecule has 3 aliphatic carbocycles. The summed E-state index contributed by atoms with van der Waals surface area (Å²) in [6.45, 7) is 9.96. The second kappa shape index (κ2) is 16.8. The van der Waals surface area contributed by atoms with Crippen molar-refractivity contribution in [3.63, 3.8) is 0 Å². The van der Waals surface area contributed by atoms with Gasteiger partial charge in [0.25, 0.3) is 5.91 Å². The van der Waals surface area contributed by atoms with Crippen LogP contribution < -0.4 is 5.32 Å². The van der Waals surface area contributed by atoms with Crippen molar-refractivity contribution >= 4 is 35.6 Å². The number of unbranched alkanes of at least 4 members (excludes halogenated alkanes) is 1. The zero-order valence-corrected chi connectivity index (χ0v) is 35.0. The summed E-state index contributed by atoms with van der Waals surface area (Å²) in [4.78, 5) is 82.7. The molecule has 60 heavy (non-hydrogen) atoms. The first-order valence-corrected chi connectivity index (χ1v) is 20.4. The van der Waals surface area contributed by atoms with Gasteiger partial charge >= 0.3 is 23.9 Å². The summed E-state index contributed by atoms with van der Waals surface area (Å²) >= 11 is 0. The summed E-state index contributed by atoms with van der Waals surface area (Å²) in [5.74, 6) is -6.50. The SMILES string of the molecule is CCCCC(=O)O[C@H]1[C@@H]2[C@]3(OC(C)=O)CO[C@@H]3C[C@H](O)[C@@]2(C)C(=O)[C@H](OC(C)=O)C2=C(C)[C@@H](OC(=O)[C@H](O)[C@@H](NC(=O)c3ccccc3)c3ccccc3)C[C@]1(O)C2(C)C. The Balaban J connectivity index is 1.51. The fourth-order valence-electron chi connectivity index (χ4n) is 9.95. The van der Waals surface area contributed by atoms with E-state index in [9.17, 15) is 39.3 Å². The number of aliphatic hydroxyl groups excluding tert-OH is 2. The van der Waals surface area contributed by atoms with E-state index in [0.29, 0.717) is 18.4 Å². The maximum Gasteiger partial charge on any atom is 0.338 e. The van der Waals surface area contributed by atoms with Gasteiger partial charge in [-0.05, 0) is 49.1 Å². The highest BCUT2D eigenvalue weighted by Gasteiger charge is 2.78. The molecule has 6 rings (SSSR count). The second-order valence-electron chi connectivity index (χ2n) is 17.2. The standard InChI is InChI=1S/C45H55NO14/c1-8-9-20-32(50)59-39-37-43(7,30(49)21-31-44(37,23-56-31)60-26(4)48)38(52)36(57-25(3)47)33-24(2)29(22-45(39,55)42(33,5)6)58-41(54)35(51)34(27-16-12-10-13-17-27)46-40(53)28-18-14-11-15-19-28/h10-19,29-31,34-37,39,49,51,55H,8-9,20-23H2,1-7H3,(H,46,53)/t29-,30-,31+,34-,35+,36+,37-,39-,43+,44-,45+/m0/s1. The lowest BCUT2D eigenvalue weighted by molar-refractivity contribution is -0.347. The van der Waals surface area contributed by atoms with Crippen molar-refractivity contribution in [1.82, 2.24) is 5.32 Å². The normalized spacial score (nSPS) is 32.6. The number of ketones is 1. The number of rotatable bonds is 12. The molecule has 15 heteroatoms. The van der Waals surface area contributed by atoms with E-state index in [1.54, 1.807) is 74.5 Å². The Hall–Kier alpha value is -4.96. The molecule has 3 fully saturated rings. The average Bonchev–Trinajstić information content (AvgIpc) is 3.20. The first-order chi connectivity index (χ1) is 28.2.